The number of amides is 2. The molecular weight excluding hydrogens is 909 g/mol. The number of methoxy groups -OCH3 is 1. The van der Waals surface area contributed by atoms with Crippen molar-refractivity contribution < 1.29 is 60.2 Å². The molecule has 1 aliphatic carbocycles. The highest BCUT2D eigenvalue weighted by molar-refractivity contribution is 7.72. The van der Waals surface area contributed by atoms with Crippen molar-refractivity contribution in [1.82, 2.24) is 9.47 Å². The molecule has 2 aliphatic heterocycles. The molecule has 0 bridgehead atoms. The molecule has 0 radical (unpaired) electrons. The van der Waals surface area contributed by atoms with Crippen LogP contribution >= 0.6 is 15.2 Å². The number of pyridine rings is 1. The van der Waals surface area contributed by atoms with E-state index < -0.39 is 56.4 Å². The van der Waals surface area contributed by atoms with Crippen LogP contribution in [0.25, 0.3) is 10.9 Å². The van der Waals surface area contributed by atoms with Crippen molar-refractivity contribution in [2.75, 3.05) is 70.0 Å². The minimum absolute atomic E-state index is 0.00175. The number of benzene rings is 3. The van der Waals surface area contributed by atoms with Crippen molar-refractivity contribution in [3.05, 3.63) is 99.6 Å². The lowest BCUT2D eigenvalue weighted by molar-refractivity contribution is -0.119. The minimum Gasteiger partial charge on any atom is -0.492 e. The zero-order valence-electron chi connectivity index (χ0n) is 38.5. The Labute approximate surface area is 389 Å². The highest BCUT2D eigenvalue weighted by atomic mass is 31.2. The van der Waals surface area contributed by atoms with Gasteiger partial charge in [-0.15, -0.1) is 0 Å². The van der Waals surface area contributed by atoms with Crippen LogP contribution in [0.5, 0.6) is 5.75 Å². The summed E-state index contributed by atoms with van der Waals surface area (Å²) in [6, 6.07) is 16.4. The molecule has 0 unspecified atom stereocenters. The number of likely N-dealkylation sites (tertiary alicyclic amines) is 1. The number of hydrogen-bond acceptors (Lipinski definition) is 14. The van der Waals surface area contributed by atoms with Gasteiger partial charge in [-0.05, 0) is 95.0 Å². The molecule has 2 amide bonds. The first-order chi connectivity index (χ1) is 32.3. The third kappa shape index (κ3) is 11.1. The summed E-state index contributed by atoms with van der Waals surface area (Å²) in [5, 5.41) is 1.47. The van der Waals surface area contributed by atoms with Gasteiger partial charge in [0.15, 0.2) is 23.6 Å². The van der Waals surface area contributed by atoms with Crippen molar-refractivity contribution in [2.24, 2.45) is 5.92 Å². The number of fused-ring (bicyclic) bond motifs is 2. The fourth-order valence-electron chi connectivity index (χ4n) is 8.99. The third-order valence-electron chi connectivity index (χ3n) is 12.1. The molecule has 2 atom stereocenters. The lowest BCUT2D eigenvalue weighted by Crippen LogP contribution is -2.49. The van der Waals surface area contributed by atoms with Crippen LogP contribution in [0.3, 0.4) is 0 Å². The Bertz CT molecular complexity index is 2530. The molecule has 4 aromatic rings. The SMILES string of the molecule is CCOP(=O)(OCC)C(Cc1ccc(NC(=O)COC(=O)N2CCC[C@H]3CN(c4c(F)cc5c(=O)c(C(=O)OCc6ccccc6)cn(C6CC6)c5c4OC)C[C@H]32)cc1)P(=O)(OCC)OCC. The summed E-state index contributed by atoms with van der Waals surface area (Å²) in [6.45, 7) is 7.22. The number of esters is 1. The molecule has 3 heterocycles. The predicted octanol–water partition coefficient (Wildman–Crippen LogP) is 8.92. The third-order valence-corrected chi connectivity index (χ3v) is 18.1. The minimum atomic E-state index is -3.98. The van der Waals surface area contributed by atoms with Gasteiger partial charge in [0.1, 0.15) is 17.9 Å². The summed E-state index contributed by atoms with van der Waals surface area (Å²) in [6.07, 6.45) is 3.80. The van der Waals surface area contributed by atoms with E-state index in [1.807, 2.05) is 39.8 Å². The van der Waals surface area contributed by atoms with Crippen LogP contribution in [0.2, 0.25) is 0 Å². The van der Waals surface area contributed by atoms with Crippen LogP contribution in [0.4, 0.5) is 20.6 Å². The Morgan fingerprint density at radius 3 is 2.07 bits per heavy atom. The molecule has 3 aromatic carbocycles. The van der Waals surface area contributed by atoms with Crippen molar-refractivity contribution in [2.45, 2.75) is 83.9 Å². The maximum Gasteiger partial charge on any atom is 0.410 e. The number of ether oxygens (including phenoxy) is 3. The number of halogens is 1. The van der Waals surface area contributed by atoms with Crippen LogP contribution in [0.15, 0.2) is 71.7 Å². The number of nitrogens with zero attached hydrogens (tertiary/aromatic N) is 3. The van der Waals surface area contributed by atoms with Crippen LogP contribution in [0.1, 0.15) is 80.9 Å². The van der Waals surface area contributed by atoms with Crippen molar-refractivity contribution in [3.63, 3.8) is 0 Å². The fourth-order valence-corrected chi connectivity index (χ4v) is 14.3. The van der Waals surface area contributed by atoms with E-state index in [0.29, 0.717) is 36.3 Å². The molecule has 362 valence electrons. The van der Waals surface area contributed by atoms with E-state index in [1.54, 1.807) is 56.9 Å². The number of aromatic nitrogens is 1. The first-order valence-corrected chi connectivity index (χ1v) is 26.0. The van der Waals surface area contributed by atoms with E-state index in [0.717, 1.165) is 30.9 Å². The zero-order chi connectivity index (χ0) is 47.9. The molecule has 2 saturated heterocycles. The van der Waals surface area contributed by atoms with E-state index in [9.17, 15) is 28.3 Å². The topological polar surface area (TPSA) is 190 Å². The summed E-state index contributed by atoms with van der Waals surface area (Å²) in [5.41, 5.74) is 1.43. The standard InChI is InChI=1S/C47H59FN4O13P2/c1-6-62-66(57,63-7-2)41(67(58,64-8-3)65-9-4)24-31-17-19-34(20-18-31)49-40(53)30-61-47(56)51-23-13-16-33-26-50(28-39(33)51)43-38(48)25-36-42(45(43)59-5)52(35-21-22-35)27-37(44(36)54)46(55)60-29-32-14-11-10-12-15-32/h10-12,14-15,17-20,25,27,33,35,39,41H,6-9,13,16,21-24,26,28-30H2,1-5H3,(H,49,53)/t33-,39+/m0/s1. The first kappa shape index (κ1) is 49.8. The van der Waals surface area contributed by atoms with Crippen LogP contribution < -0.4 is 20.4 Å². The summed E-state index contributed by atoms with van der Waals surface area (Å²) in [5.74, 6) is -1.99. The molecule has 17 nitrogen and oxygen atoms in total. The molecule has 20 heteroatoms. The van der Waals surface area contributed by atoms with E-state index in [2.05, 4.69) is 5.32 Å². The van der Waals surface area contributed by atoms with E-state index in [1.165, 1.54) is 13.3 Å². The largest absolute Gasteiger partial charge is 0.492 e. The van der Waals surface area contributed by atoms with Gasteiger partial charge in [-0.3, -0.25) is 18.7 Å². The van der Waals surface area contributed by atoms with Gasteiger partial charge in [0.05, 0.1) is 50.5 Å². The highest BCUT2D eigenvalue weighted by Gasteiger charge is 2.51. The fraction of sp³-hybridized carbons (Fsp3) is 0.489. The lowest BCUT2D eigenvalue weighted by atomic mass is 9.92. The molecule has 3 fully saturated rings. The monoisotopic (exact) mass is 968 g/mol. The van der Waals surface area contributed by atoms with Gasteiger partial charge in [0, 0.05) is 37.6 Å². The Hall–Kier alpha value is -5.09. The number of carbonyl (C=O) groups excluding carboxylic acids is 3. The van der Waals surface area contributed by atoms with Gasteiger partial charge in [-0.2, -0.15) is 0 Å². The van der Waals surface area contributed by atoms with Gasteiger partial charge in [-0.25, -0.2) is 14.0 Å². The number of carbonyl (C=O) groups is 3. The van der Waals surface area contributed by atoms with Crippen molar-refractivity contribution in [3.8, 4) is 5.75 Å². The smallest absolute Gasteiger partial charge is 0.410 e. The quantitative estimate of drug-likeness (QED) is 0.0615. The van der Waals surface area contributed by atoms with E-state index >= 15 is 4.39 Å². The van der Waals surface area contributed by atoms with E-state index in [-0.39, 0.29) is 86.4 Å². The number of nitrogens with one attached hydrogen (secondary N) is 1. The summed E-state index contributed by atoms with van der Waals surface area (Å²) in [4.78, 5) is 57.3. The Morgan fingerprint density at radius 1 is 0.836 bits per heavy atom. The van der Waals surface area contributed by atoms with Gasteiger partial charge in [-0.1, -0.05) is 42.5 Å². The van der Waals surface area contributed by atoms with Crippen molar-refractivity contribution >= 4 is 55.4 Å². The van der Waals surface area contributed by atoms with Crippen LogP contribution in [-0.2, 0) is 54.5 Å². The Balaban J connectivity index is 1.02. The summed E-state index contributed by atoms with van der Waals surface area (Å²) < 4.78 is 85.5. The second-order valence-electron chi connectivity index (χ2n) is 16.5. The maximum atomic E-state index is 16.5. The normalized spacial score (nSPS) is 17.4. The van der Waals surface area contributed by atoms with Crippen LogP contribution in [-0.4, -0.2) is 98.7 Å². The van der Waals surface area contributed by atoms with Gasteiger partial charge in [0.2, 0.25) is 5.43 Å². The molecule has 1 saturated carbocycles. The van der Waals surface area contributed by atoms with Gasteiger partial charge in [0.25, 0.3) is 5.91 Å². The average molecular weight is 969 g/mol. The number of piperidine rings is 1. The summed E-state index contributed by atoms with van der Waals surface area (Å²) in [7, 11) is -6.55. The molecule has 1 aromatic heterocycles. The zero-order valence-corrected chi connectivity index (χ0v) is 40.3. The van der Waals surface area contributed by atoms with Gasteiger partial charge >= 0.3 is 27.3 Å². The summed E-state index contributed by atoms with van der Waals surface area (Å²) >= 11 is 0. The van der Waals surface area contributed by atoms with Crippen LogP contribution in [0, 0.1) is 11.7 Å². The Kier molecular flexibility index (Phi) is 16.3. The Morgan fingerprint density at radius 2 is 1.48 bits per heavy atom. The second-order valence-corrected chi connectivity index (χ2v) is 21.4. The number of anilines is 2. The molecule has 7 rings (SSSR count). The molecule has 3 aliphatic rings. The molecule has 67 heavy (non-hydrogen) atoms. The number of hydrogen-bond donors (Lipinski definition) is 1. The van der Waals surface area contributed by atoms with E-state index in [4.69, 9.17) is 32.3 Å². The lowest BCUT2D eigenvalue weighted by Gasteiger charge is -2.35. The van der Waals surface area contributed by atoms with Crippen molar-refractivity contribution in [1.29, 1.82) is 0 Å². The van der Waals surface area contributed by atoms with Gasteiger partial charge < -0.3 is 52.0 Å². The number of rotatable bonds is 21. The average Bonchev–Trinajstić information content (AvgIpc) is 4.07. The predicted molar refractivity (Wildman–Crippen MR) is 250 cm³/mol. The maximum absolute atomic E-state index is 16.5. The molecule has 0 spiro atoms. The highest BCUT2D eigenvalue weighted by Crippen LogP contribution is 2.71. The second kappa shape index (κ2) is 21.9. The molecule has 1 N–H and O–H groups in total. The first-order valence-electron chi connectivity index (χ1n) is 22.8. The molecular formula is C47H59FN4O13P2.